The number of carbonyl (C=O) groups is 3. The van der Waals surface area contributed by atoms with Crippen molar-refractivity contribution in [1.82, 2.24) is 10.2 Å². The summed E-state index contributed by atoms with van der Waals surface area (Å²) in [6, 6.07) is 7.41. The molecule has 1 saturated heterocycles. The van der Waals surface area contributed by atoms with E-state index in [1.807, 2.05) is 18.2 Å². The first-order chi connectivity index (χ1) is 12.0. The summed E-state index contributed by atoms with van der Waals surface area (Å²) in [5.74, 6) is -0.946. The van der Waals surface area contributed by atoms with E-state index < -0.39 is 5.97 Å². The average molecular weight is 367 g/mol. The first-order valence-corrected chi connectivity index (χ1v) is 8.87. The number of halogens is 1. The van der Waals surface area contributed by atoms with Gasteiger partial charge in [0.1, 0.15) is 6.54 Å². The number of nitrogens with zero attached hydrogens (tertiary/aromatic N) is 1. The summed E-state index contributed by atoms with van der Waals surface area (Å²) in [7, 11) is 0. The highest BCUT2D eigenvalue weighted by atomic mass is 35.5. The fourth-order valence-electron chi connectivity index (χ4n) is 2.64. The van der Waals surface area contributed by atoms with Gasteiger partial charge in [0.25, 0.3) is 5.91 Å². The van der Waals surface area contributed by atoms with Crippen molar-refractivity contribution in [3.63, 3.8) is 0 Å². The number of nitrogens with one attached hydrogen (secondary N) is 1. The van der Waals surface area contributed by atoms with Gasteiger partial charge in [0.2, 0.25) is 5.91 Å². The average Bonchev–Trinajstić information content (AvgIpc) is 2.78. The molecule has 1 aliphatic rings. The Bertz CT molecular complexity index is 621. The van der Waals surface area contributed by atoms with E-state index in [2.05, 4.69) is 5.32 Å². The van der Waals surface area contributed by atoms with Gasteiger partial charge in [-0.15, -0.1) is 0 Å². The Morgan fingerprint density at radius 3 is 2.88 bits per heavy atom. The van der Waals surface area contributed by atoms with Gasteiger partial charge in [-0.1, -0.05) is 30.2 Å². The third-order valence-electron chi connectivity index (χ3n) is 3.98. The van der Waals surface area contributed by atoms with Gasteiger partial charge in [0, 0.05) is 24.5 Å². The summed E-state index contributed by atoms with van der Waals surface area (Å²) < 4.78 is 4.95. The van der Waals surface area contributed by atoms with Gasteiger partial charge >= 0.3 is 5.97 Å². The standard InChI is InChI=1S/C18H23ClN2O4/c19-15-6-4-5-14(11-15)8-9-20-16(22)13-25-18(24)12-21-10-3-1-2-7-17(21)23/h4-6,11H,1-3,7-10,12-13H2,(H,20,22). The fourth-order valence-corrected chi connectivity index (χ4v) is 2.86. The van der Waals surface area contributed by atoms with Gasteiger partial charge in [-0.2, -0.15) is 0 Å². The van der Waals surface area contributed by atoms with Gasteiger partial charge in [-0.3, -0.25) is 14.4 Å². The van der Waals surface area contributed by atoms with Crippen molar-refractivity contribution in [2.45, 2.75) is 32.1 Å². The van der Waals surface area contributed by atoms with Crippen LogP contribution in [0.2, 0.25) is 5.02 Å². The molecule has 7 heteroatoms. The maximum Gasteiger partial charge on any atom is 0.326 e. The number of benzene rings is 1. The Balaban J connectivity index is 1.63. The normalized spacial score (nSPS) is 14.8. The van der Waals surface area contributed by atoms with Crippen LogP contribution in [0.5, 0.6) is 0 Å². The largest absolute Gasteiger partial charge is 0.454 e. The van der Waals surface area contributed by atoms with Crippen molar-refractivity contribution in [1.29, 1.82) is 0 Å². The molecule has 1 N–H and O–H groups in total. The molecular formula is C18H23ClN2O4. The zero-order valence-electron chi connectivity index (χ0n) is 14.1. The first-order valence-electron chi connectivity index (χ1n) is 8.49. The van der Waals surface area contributed by atoms with Gasteiger partial charge in [-0.05, 0) is 37.0 Å². The van der Waals surface area contributed by atoms with Gasteiger partial charge in [-0.25, -0.2) is 0 Å². The highest BCUT2D eigenvalue weighted by Gasteiger charge is 2.20. The molecule has 1 aliphatic heterocycles. The van der Waals surface area contributed by atoms with Crippen LogP contribution in [-0.4, -0.2) is 48.9 Å². The van der Waals surface area contributed by atoms with Crippen molar-refractivity contribution < 1.29 is 19.1 Å². The van der Waals surface area contributed by atoms with E-state index in [9.17, 15) is 14.4 Å². The Hall–Kier alpha value is -2.08. The van der Waals surface area contributed by atoms with E-state index >= 15 is 0 Å². The molecule has 0 aliphatic carbocycles. The number of esters is 1. The smallest absolute Gasteiger partial charge is 0.326 e. The van der Waals surface area contributed by atoms with E-state index in [0.717, 1.165) is 24.8 Å². The summed E-state index contributed by atoms with van der Waals surface area (Å²) in [4.78, 5) is 36.8. The first kappa shape index (κ1) is 19.2. The molecule has 0 atom stereocenters. The number of hydrogen-bond donors (Lipinski definition) is 1. The van der Waals surface area contributed by atoms with Crippen LogP contribution in [0.1, 0.15) is 31.2 Å². The number of carbonyl (C=O) groups excluding carboxylic acids is 3. The Labute approximate surface area is 152 Å². The van der Waals surface area contributed by atoms with Crippen LogP contribution in [0.15, 0.2) is 24.3 Å². The zero-order chi connectivity index (χ0) is 18.1. The number of ether oxygens (including phenoxy) is 1. The molecule has 2 amide bonds. The van der Waals surface area contributed by atoms with Crippen LogP contribution in [0.4, 0.5) is 0 Å². The highest BCUT2D eigenvalue weighted by Crippen LogP contribution is 2.11. The van der Waals surface area contributed by atoms with Crippen molar-refractivity contribution in [2.75, 3.05) is 26.2 Å². The minimum atomic E-state index is -0.555. The molecule has 0 bridgehead atoms. The molecule has 0 radical (unpaired) electrons. The Morgan fingerprint density at radius 2 is 2.08 bits per heavy atom. The molecule has 1 heterocycles. The van der Waals surface area contributed by atoms with Crippen molar-refractivity contribution in [3.05, 3.63) is 34.9 Å². The van der Waals surface area contributed by atoms with Crippen LogP contribution >= 0.6 is 11.6 Å². The predicted octanol–water partition coefficient (Wildman–Crippen LogP) is 1.94. The monoisotopic (exact) mass is 366 g/mol. The number of hydrogen-bond acceptors (Lipinski definition) is 4. The fraction of sp³-hybridized carbons (Fsp3) is 0.500. The van der Waals surface area contributed by atoms with Gasteiger partial charge < -0.3 is 15.0 Å². The molecule has 0 unspecified atom stereocenters. The van der Waals surface area contributed by atoms with E-state index in [-0.39, 0.29) is 25.0 Å². The lowest BCUT2D eigenvalue weighted by Gasteiger charge is -2.19. The topological polar surface area (TPSA) is 75.7 Å². The van der Waals surface area contributed by atoms with E-state index in [0.29, 0.717) is 31.0 Å². The minimum Gasteiger partial charge on any atom is -0.454 e. The maximum atomic E-state index is 11.8. The second-order valence-electron chi connectivity index (χ2n) is 6.02. The molecule has 2 rings (SSSR count). The SMILES string of the molecule is O=C(COC(=O)CN1CCCCCC1=O)NCCc1cccc(Cl)c1. The predicted molar refractivity (Wildman–Crippen MR) is 94.2 cm³/mol. The molecule has 0 saturated carbocycles. The quantitative estimate of drug-likeness (QED) is 0.748. The summed E-state index contributed by atoms with van der Waals surface area (Å²) in [6.45, 7) is 0.576. The third-order valence-corrected chi connectivity index (χ3v) is 4.22. The highest BCUT2D eigenvalue weighted by molar-refractivity contribution is 6.30. The molecule has 25 heavy (non-hydrogen) atoms. The van der Waals surface area contributed by atoms with Crippen LogP contribution in [0, 0.1) is 0 Å². The van der Waals surface area contributed by atoms with E-state index in [1.165, 1.54) is 4.90 Å². The maximum absolute atomic E-state index is 11.8. The second kappa shape index (κ2) is 10.0. The molecule has 136 valence electrons. The van der Waals surface area contributed by atoms with Crippen LogP contribution in [0.3, 0.4) is 0 Å². The lowest BCUT2D eigenvalue weighted by Crippen LogP contribution is -2.37. The number of amides is 2. The summed E-state index contributed by atoms with van der Waals surface area (Å²) in [5.41, 5.74) is 1.02. The van der Waals surface area contributed by atoms with Crippen LogP contribution < -0.4 is 5.32 Å². The Morgan fingerprint density at radius 1 is 1.24 bits per heavy atom. The van der Waals surface area contributed by atoms with Gasteiger partial charge in [0.05, 0.1) is 0 Å². The third kappa shape index (κ3) is 7.13. The summed E-state index contributed by atoms with van der Waals surface area (Å²) in [5, 5.41) is 3.34. The molecule has 0 aromatic heterocycles. The zero-order valence-corrected chi connectivity index (χ0v) is 14.9. The van der Waals surface area contributed by atoms with Crippen molar-refractivity contribution >= 4 is 29.4 Å². The van der Waals surface area contributed by atoms with Crippen molar-refractivity contribution in [2.24, 2.45) is 0 Å². The number of likely N-dealkylation sites (tertiary alicyclic amines) is 1. The molecule has 1 aromatic carbocycles. The van der Waals surface area contributed by atoms with E-state index in [1.54, 1.807) is 6.07 Å². The number of rotatable bonds is 7. The van der Waals surface area contributed by atoms with Crippen LogP contribution in [-0.2, 0) is 25.5 Å². The summed E-state index contributed by atoms with van der Waals surface area (Å²) >= 11 is 5.90. The van der Waals surface area contributed by atoms with Gasteiger partial charge in [0.15, 0.2) is 6.61 Å². The lowest BCUT2D eigenvalue weighted by molar-refractivity contribution is -0.152. The Kier molecular flexibility index (Phi) is 7.73. The molecule has 1 aromatic rings. The second-order valence-corrected chi connectivity index (χ2v) is 6.45. The van der Waals surface area contributed by atoms with Crippen LogP contribution in [0.25, 0.3) is 0 Å². The molecule has 0 spiro atoms. The minimum absolute atomic E-state index is 0.0274. The molecule has 6 nitrogen and oxygen atoms in total. The molecular weight excluding hydrogens is 344 g/mol. The summed E-state index contributed by atoms with van der Waals surface area (Å²) in [6.07, 6.45) is 3.86. The molecule has 1 fully saturated rings. The lowest BCUT2D eigenvalue weighted by atomic mass is 10.1. The van der Waals surface area contributed by atoms with E-state index in [4.69, 9.17) is 16.3 Å². The van der Waals surface area contributed by atoms with Crippen molar-refractivity contribution in [3.8, 4) is 0 Å².